The smallest absolute Gasteiger partial charge is 0.250 e. The zero-order chi connectivity index (χ0) is 17.2. The Labute approximate surface area is 138 Å². The molecule has 1 N–H and O–H groups in total. The molecule has 1 aromatic rings. The lowest BCUT2D eigenvalue weighted by Crippen LogP contribution is -2.49. The average molecular weight is 320 g/mol. The molecule has 1 unspecified atom stereocenters. The summed E-state index contributed by atoms with van der Waals surface area (Å²) in [5, 5.41) is 2.65. The molecule has 23 heavy (non-hydrogen) atoms. The van der Waals surface area contributed by atoms with Crippen LogP contribution in [0.4, 0.5) is 5.82 Å². The first-order valence-corrected chi connectivity index (χ1v) is 8.20. The lowest BCUT2D eigenvalue weighted by molar-refractivity contribution is -0.132. The summed E-state index contributed by atoms with van der Waals surface area (Å²) in [4.78, 5) is 23.4. The standard InChI is InChI=1S/C17H28N4O2/c1-11(2)15-19-13(17(3,4)5)9-14(20-15)21-7-8-23-12(10-21)16(22)18-6/h9,11-12H,7-8,10H2,1-6H3,(H,18,22). The molecule has 2 heterocycles. The second-order valence-corrected chi connectivity index (χ2v) is 7.29. The van der Waals surface area contributed by atoms with Gasteiger partial charge >= 0.3 is 0 Å². The number of anilines is 1. The van der Waals surface area contributed by atoms with Crippen LogP contribution in [0.25, 0.3) is 0 Å². The van der Waals surface area contributed by atoms with Crippen LogP contribution < -0.4 is 10.2 Å². The number of morpholine rings is 1. The van der Waals surface area contributed by atoms with Crippen molar-refractivity contribution in [1.29, 1.82) is 0 Å². The van der Waals surface area contributed by atoms with Crippen LogP contribution >= 0.6 is 0 Å². The van der Waals surface area contributed by atoms with Crippen LogP contribution in [0, 0.1) is 0 Å². The van der Waals surface area contributed by atoms with Crippen LogP contribution in [0.15, 0.2) is 6.07 Å². The van der Waals surface area contributed by atoms with Gasteiger partial charge in [-0.05, 0) is 0 Å². The topological polar surface area (TPSA) is 67.4 Å². The van der Waals surface area contributed by atoms with Gasteiger partial charge in [-0.15, -0.1) is 0 Å². The third-order valence-electron chi connectivity index (χ3n) is 3.94. The van der Waals surface area contributed by atoms with E-state index >= 15 is 0 Å². The van der Waals surface area contributed by atoms with Crippen molar-refractivity contribution in [2.24, 2.45) is 0 Å². The summed E-state index contributed by atoms with van der Waals surface area (Å²) in [6, 6.07) is 2.04. The number of carbonyl (C=O) groups excluding carboxylic acids is 1. The fraction of sp³-hybridized carbons (Fsp3) is 0.706. The van der Waals surface area contributed by atoms with E-state index in [2.05, 4.69) is 44.8 Å². The van der Waals surface area contributed by atoms with Crippen molar-refractivity contribution in [2.75, 3.05) is 31.6 Å². The molecule has 1 aliphatic heterocycles. The molecule has 0 bridgehead atoms. The van der Waals surface area contributed by atoms with Crippen molar-refractivity contribution in [3.8, 4) is 0 Å². The van der Waals surface area contributed by atoms with E-state index in [0.717, 1.165) is 23.9 Å². The van der Waals surface area contributed by atoms with E-state index in [4.69, 9.17) is 14.7 Å². The summed E-state index contributed by atoms with van der Waals surface area (Å²) in [7, 11) is 1.63. The van der Waals surface area contributed by atoms with E-state index in [1.807, 2.05) is 6.07 Å². The summed E-state index contributed by atoms with van der Waals surface area (Å²) in [5.74, 6) is 1.89. The molecule has 1 fully saturated rings. The van der Waals surface area contributed by atoms with Crippen LogP contribution in [-0.4, -0.2) is 48.7 Å². The maximum Gasteiger partial charge on any atom is 0.250 e. The fourth-order valence-electron chi connectivity index (χ4n) is 2.43. The number of nitrogens with one attached hydrogen (secondary N) is 1. The number of hydrogen-bond donors (Lipinski definition) is 1. The van der Waals surface area contributed by atoms with Gasteiger partial charge in [-0.3, -0.25) is 4.79 Å². The zero-order valence-electron chi connectivity index (χ0n) is 15.0. The second-order valence-electron chi connectivity index (χ2n) is 7.29. The van der Waals surface area contributed by atoms with Gasteiger partial charge in [0.25, 0.3) is 5.91 Å². The number of ether oxygens (including phenoxy) is 1. The summed E-state index contributed by atoms with van der Waals surface area (Å²) in [6.07, 6.45) is -0.454. The zero-order valence-corrected chi connectivity index (χ0v) is 15.0. The second kappa shape index (κ2) is 6.83. The Hall–Kier alpha value is -1.69. The minimum absolute atomic E-state index is 0.0478. The number of rotatable bonds is 3. The molecular weight excluding hydrogens is 292 g/mol. The van der Waals surface area contributed by atoms with Gasteiger partial charge in [-0.1, -0.05) is 34.6 Å². The number of aromatic nitrogens is 2. The minimum Gasteiger partial charge on any atom is -0.365 e. The van der Waals surface area contributed by atoms with Gasteiger partial charge in [-0.2, -0.15) is 0 Å². The van der Waals surface area contributed by atoms with Crippen molar-refractivity contribution < 1.29 is 9.53 Å². The summed E-state index contributed by atoms with van der Waals surface area (Å²) >= 11 is 0. The van der Waals surface area contributed by atoms with Gasteiger partial charge < -0.3 is 15.0 Å². The predicted octanol–water partition coefficient (Wildman–Crippen LogP) is 1.85. The molecule has 1 amide bonds. The van der Waals surface area contributed by atoms with Crippen molar-refractivity contribution >= 4 is 11.7 Å². The Kier molecular flexibility index (Phi) is 5.24. The molecule has 1 aromatic heterocycles. The number of amides is 1. The first-order valence-electron chi connectivity index (χ1n) is 8.20. The predicted molar refractivity (Wildman–Crippen MR) is 90.8 cm³/mol. The van der Waals surface area contributed by atoms with Crippen molar-refractivity contribution in [3.63, 3.8) is 0 Å². The highest BCUT2D eigenvalue weighted by atomic mass is 16.5. The monoisotopic (exact) mass is 320 g/mol. The van der Waals surface area contributed by atoms with E-state index in [9.17, 15) is 4.79 Å². The number of carbonyl (C=O) groups is 1. The molecule has 0 radical (unpaired) electrons. The molecule has 0 aliphatic carbocycles. The van der Waals surface area contributed by atoms with Gasteiger partial charge in [0.15, 0.2) is 6.10 Å². The first kappa shape index (κ1) is 17.7. The van der Waals surface area contributed by atoms with E-state index in [-0.39, 0.29) is 17.2 Å². The van der Waals surface area contributed by atoms with E-state index in [0.29, 0.717) is 13.2 Å². The van der Waals surface area contributed by atoms with Crippen LogP contribution in [0.1, 0.15) is 52.1 Å². The Morgan fingerprint density at radius 3 is 2.65 bits per heavy atom. The normalized spacial score (nSPS) is 19.1. The Morgan fingerprint density at radius 1 is 1.39 bits per heavy atom. The number of hydrogen-bond acceptors (Lipinski definition) is 5. The molecule has 6 nitrogen and oxygen atoms in total. The molecule has 128 valence electrons. The molecule has 1 atom stereocenters. The maximum atomic E-state index is 11.8. The molecular formula is C17H28N4O2. The average Bonchev–Trinajstić information content (AvgIpc) is 2.53. The van der Waals surface area contributed by atoms with E-state index in [1.165, 1.54) is 0 Å². The third kappa shape index (κ3) is 4.19. The van der Waals surface area contributed by atoms with Crippen LogP contribution in [-0.2, 0) is 14.9 Å². The van der Waals surface area contributed by atoms with Crippen molar-refractivity contribution in [1.82, 2.24) is 15.3 Å². The first-order chi connectivity index (χ1) is 10.7. The molecule has 0 saturated carbocycles. The van der Waals surface area contributed by atoms with E-state index < -0.39 is 6.10 Å². The lowest BCUT2D eigenvalue weighted by Gasteiger charge is -2.33. The van der Waals surface area contributed by atoms with Crippen molar-refractivity contribution in [2.45, 2.75) is 52.1 Å². The Morgan fingerprint density at radius 2 is 2.09 bits per heavy atom. The summed E-state index contributed by atoms with van der Waals surface area (Å²) in [5.41, 5.74) is 0.975. The molecule has 6 heteroatoms. The number of likely N-dealkylation sites (N-methyl/N-ethyl adjacent to an activating group) is 1. The molecule has 0 aromatic carbocycles. The van der Waals surface area contributed by atoms with Gasteiger partial charge in [-0.25, -0.2) is 9.97 Å². The third-order valence-corrected chi connectivity index (χ3v) is 3.94. The number of nitrogens with zero attached hydrogens (tertiary/aromatic N) is 3. The van der Waals surface area contributed by atoms with Crippen LogP contribution in [0.2, 0.25) is 0 Å². The molecule has 0 spiro atoms. The Bertz CT molecular complexity index is 566. The fourth-order valence-corrected chi connectivity index (χ4v) is 2.43. The molecule has 1 aliphatic rings. The van der Waals surface area contributed by atoms with Gasteiger partial charge in [0.05, 0.1) is 18.8 Å². The highest BCUT2D eigenvalue weighted by Gasteiger charge is 2.28. The van der Waals surface area contributed by atoms with Gasteiger partial charge in [0.1, 0.15) is 11.6 Å². The largest absolute Gasteiger partial charge is 0.365 e. The van der Waals surface area contributed by atoms with E-state index in [1.54, 1.807) is 7.05 Å². The van der Waals surface area contributed by atoms with Crippen molar-refractivity contribution in [3.05, 3.63) is 17.6 Å². The Balaban J connectivity index is 2.34. The lowest BCUT2D eigenvalue weighted by atomic mass is 9.91. The summed E-state index contributed by atoms with van der Waals surface area (Å²) in [6.45, 7) is 12.4. The highest BCUT2D eigenvalue weighted by Crippen LogP contribution is 2.26. The van der Waals surface area contributed by atoms with Crippen LogP contribution in [0.5, 0.6) is 0 Å². The van der Waals surface area contributed by atoms with Gasteiger partial charge in [0.2, 0.25) is 0 Å². The highest BCUT2D eigenvalue weighted by molar-refractivity contribution is 5.81. The quantitative estimate of drug-likeness (QED) is 0.920. The minimum atomic E-state index is -0.454. The van der Waals surface area contributed by atoms with Gasteiger partial charge in [0, 0.05) is 31.0 Å². The van der Waals surface area contributed by atoms with Crippen LogP contribution in [0.3, 0.4) is 0 Å². The maximum absolute atomic E-state index is 11.8. The SMILES string of the molecule is CNC(=O)C1CN(c2cc(C(C)(C)C)nc(C(C)C)n2)CCO1. The summed E-state index contributed by atoms with van der Waals surface area (Å²) < 4.78 is 5.56. The molecule has 2 rings (SSSR count). The molecule has 1 saturated heterocycles.